The molecule has 0 fully saturated rings. The molecule has 0 aliphatic heterocycles. The van der Waals surface area contributed by atoms with E-state index in [4.69, 9.17) is 10.2 Å². The summed E-state index contributed by atoms with van der Waals surface area (Å²) in [4.78, 5) is 0. The van der Waals surface area contributed by atoms with E-state index in [0.717, 1.165) is 12.8 Å². The van der Waals surface area contributed by atoms with E-state index in [0.29, 0.717) is 13.2 Å². The number of aliphatic hydroxyl groups is 2. The van der Waals surface area contributed by atoms with Crippen molar-refractivity contribution in [2.75, 3.05) is 13.2 Å². The molecule has 0 saturated heterocycles. The lowest BCUT2D eigenvalue weighted by Gasteiger charge is -2.04. The minimum Gasteiger partial charge on any atom is -0.396 e. The topological polar surface area (TPSA) is 40.5 Å². The van der Waals surface area contributed by atoms with E-state index in [2.05, 4.69) is 13.8 Å². The Hall–Kier alpha value is -0.0800. The van der Waals surface area contributed by atoms with Gasteiger partial charge in [-0.15, -0.1) is 0 Å². The average molecular weight is 681 g/mol. The maximum atomic E-state index is 8.74. The second-order valence-corrected chi connectivity index (χ2v) is 15.6. The fourth-order valence-electron chi connectivity index (χ4n) is 7.09. The SMILES string of the molecule is CCCCCCCCCCCCCCCCCCCCCCCCCCO.CCCCCCCCCCCCCCCCCCCCO. The Morgan fingerprint density at radius 3 is 0.375 bits per heavy atom. The average Bonchev–Trinajstić information content (AvgIpc) is 3.10. The highest BCUT2D eigenvalue weighted by molar-refractivity contribution is 4.53. The minimum absolute atomic E-state index is 0.374. The molecule has 0 aliphatic carbocycles. The van der Waals surface area contributed by atoms with Gasteiger partial charge in [0.05, 0.1) is 0 Å². The van der Waals surface area contributed by atoms with Gasteiger partial charge in [0.2, 0.25) is 0 Å². The van der Waals surface area contributed by atoms with Crippen LogP contribution in [0.15, 0.2) is 0 Å². The molecule has 0 unspecified atom stereocenters. The van der Waals surface area contributed by atoms with Crippen molar-refractivity contribution in [2.24, 2.45) is 0 Å². The normalized spacial score (nSPS) is 11.2. The van der Waals surface area contributed by atoms with Crippen LogP contribution in [0, 0.1) is 0 Å². The van der Waals surface area contributed by atoms with Crippen LogP contribution in [0.3, 0.4) is 0 Å². The van der Waals surface area contributed by atoms with Crippen LogP contribution < -0.4 is 0 Å². The maximum Gasteiger partial charge on any atom is 0.0431 e. The zero-order chi connectivity index (χ0) is 35.1. The standard InChI is InChI=1S/C26H54O.C20H42O/c1-2-3-4-5-6-7-8-9-10-11-12-13-14-15-16-17-18-19-20-21-22-23-24-25-26-27;1-2-3-4-5-6-7-8-9-10-11-12-13-14-15-16-17-18-19-20-21/h27H,2-26H2,1H3;21H,2-20H2,1H3. The molecule has 0 aliphatic rings. The van der Waals surface area contributed by atoms with Gasteiger partial charge >= 0.3 is 0 Å². The number of hydrogen-bond donors (Lipinski definition) is 2. The Morgan fingerprint density at radius 2 is 0.271 bits per heavy atom. The summed E-state index contributed by atoms with van der Waals surface area (Å²) in [5.41, 5.74) is 0. The molecule has 2 nitrogen and oxygen atoms in total. The van der Waals surface area contributed by atoms with Crippen LogP contribution in [0.25, 0.3) is 0 Å². The summed E-state index contributed by atoms with van der Waals surface area (Å²) < 4.78 is 0. The van der Waals surface area contributed by atoms with E-state index < -0.39 is 0 Å². The lowest BCUT2D eigenvalue weighted by molar-refractivity contribution is 0.282. The first-order valence-corrected chi connectivity index (χ1v) is 23.0. The lowest BCUT2D eigenvalue weighted by atomic mass is 10.0. The third kappa shape index (κ3) is 52.7. The van der Waals surface area contributed by atoms with Gasteiger partial charge in [0.25, 0.3) is 0 Å². The smallest absolute Gasteiger partial charge is 0.0431 e. The summed E-state index contributed by atoms with van der Waals surface area (Å²) in [6.45, 7) is 5.34. The van der Waals surface area contributed by atoms with Crippen LogP contribution in [-0.4, -0.2) is 23.4 Å². The molecule has 0 aromatic heterocycles. The van der Waals surface area contributed by atoms with Crippen LogP contribution in [0.5, 0.6) is 0 Å². The molecule has 0 spiro atoms. The fraction of sp³-hybridized carbons (Fsp3) is 1.00. The molecular weight excluding hydrogens is 585 g/mol. The van der Waals surface area contributed by atoms with Crippen molar-refractivity contribution in [1.29, 1.82) is 0 Å². The molecule has 0 saturated carbocycles. The Labute approximate surface area is 306 Å². The first-order valence-electron chi connectivity index (χ1n) is 23.0. The van der Waals surface area contributed by atoms with Gasteiger partial charge in [-0.1, -0.05) is 271 Å². The van der Waals surface area contributed by atoms with Crippen molar-refractivity contribution in [3.05, 3.63) is 0 Å². The number of hydrogen-bond acceptors (Lipinski definition) is 2. The molecule has 2 N–H and O–H groups in total. The highest BCUT2D eigenvalue weighted by Gasteiger charge is 1.97. The van der Waals surface area contributed by atoms with Crippen molar-refractivity contribution in [2.45, 2.75) is 284 Å². The van der Waals surface area contributed by atoms with Gasteiger partial charge in [0, 0.05) is 13.2 Å². The molecule has 2 heteroatoms. The first-order chi connectivity index (χ1) is 23.8. The summed E-state index contributed by atoms with van der Waals surface area (Å²) in [7, 11) is 0. The summed E-state index contributed by atoms with van der Waals surface area (Å²) in [5.74, 6) is 0. The van der Waals surface area contributed by atoms with Gasteiger partial charge in [-0.2, -0.15) is 0 Å². The quantitative estimate of drug-likeness (QED) is 0.0630. The first kappa shape index (κ1) is 50.0. The Kier molecular flexibility index (Phi) is 53.5. The molecule has 0 amide bonds. The Morgan fingerprint density at radius 1 is 0.167 bits per heavy atom. The third-order valence-electron chi connectivity index (χ3n) is 10.5. The van der Waals surface area contributed by atoms with E-state index in [1.807, 2.05) is 0 Å². The molecule has 0 atom stereocenters. The zero-order valence-electron chi connectivity index (χ0n) is 34.0. The third-order valence-corrected chi connectivity index (χ3v) is 10.5. The van der Waals surface area contributed by atoms with Gasteiger partial charge in [-0.05, 0) is 12.8 Å². The number of rotatable bonds is 42. The molecule has 0 aromatic rings. The van der Waals surface area contributed by atoms with Gasteiger partial charge in [-0.25, -0.2) is 0 Å². The van der Waals surface area contributed by atoms with Gasteiger partial charge < -0.3 is 10.2 Å². The van der Waals surface area contributed by atoms with E-state index in [1.165, 1.54) is 257 Å². The summed E-state index contributed by atoms with van der Waals surface area (Å²) in [6, 6.07) is 0. The predicted molar refractivity (Wildman–Crippen MR) is 219 cm³/mol. The van der Waals surface area contributed by atoms with Crippen molar-refractivity contribution >= 4 is 0 Å². The largest absolute Gasteiger partial charge is 0.396 e. The molecular formula is C46H96O2. The fourth-order valence-corrected chi connectivity index (χ4v) is 7.09. The van der Waals surface area contributed by atoms with Crippen molar-refractivity contribution in [3.8, 4) is 0 Å². The summed E-state index contributed by atoms with van der Waals surface area (Å²) in [5, 5.41) is 17.4. The van der Waals surface area contributed by atoms with Crippen molar-refractivity contribution in [3.63, 3.8) is 0 Å². The lowest BCUT2D eigenvalue weighted by Crippen LogP contribution is -1.85. The number of aliphatic hydroxyl groups excluding tert-OH is 2. The van der Waals surface area contributed by atoms with Crippen LogP contribution in [0.4, 0.5) is 0 Å². The van der Waals surface area contributed by atoms with Gasteiger partial charge in [-0.3, -0.25) is 0 Å². The predicted octanol–water partition coefficient (Wildman–Crippen LogP) is 16.4. The van der Waals surface area contributed by atoms with Crippen molar-refractivity contribution in [1.82, 2.24) is 0 Å². The molecule has 48 heavy (non-hydrogen) atoms. The highest BCUT2D eigenvalue weighted by Crippen LogP contribution is 2.16. The molecule has 0 rings (SSSR count). The van der Waals surface area contributed by atoms with E-state index in [-0.39, 0.29) is 0 Å². The Bertz CT molecular complexity index is 450. The molecule has 0 bridgehead atoms. The minimum atomic E-state index is 0.374. The van der Waals surface area contributed by atoms with Crippen LogP contribution >= 0.6 is 0 Å². The zero-order valence-corrected chi connectivity index (χ0v) is 34.0. The van der Waals surface area contributed by atoms with E-state index in [1.54, 1.807) is 0 Å². The second-order valence-electron chi connectivity index (χ2n) is 15.6. The Balaban J connectivity index is 0. The molecule has 0 aromatic carbocycles. The van der Waals surface area contributed by atoms with Crippen LogP contribution in [0.2, 0.25) is 0 Å². The van der Waals surface area contributed by atoms with Gasteiger partial charge in [0.15, 0.2) is 0 Å². The van der Waals surface area contributed by atoms with Crippen molar-refractivity contribution < 1.29 is 10.2 Å². The summed E-state index contributed by atoms with van der Waals surface area (Å²) >= 11 is 0. The monoisotopic (exact) mass is 681 g/mol. The van der Waals surface area contributed by atoms with Gasteiger partial charge in [0.1, 0.15) is 0 Å². The summed E-state index contributed by atoms with van der Waals surface area (Å²) in [6.07, 6.45) is 59.2. The highest BCUT2D eigenvalue weighted by atomic mass is 16.3. The van der Waals surface area contributed by atoms with E-state index in [9.17, 15) is 0 Å². The van der Waals surface area contributed by atoms with E-state index >= 15 is 0 Å². The molecule has 0 heterocycles. The molecule has 292 valence electrons. The second kappa shape index (κ2) is 51.3. The van der Waals surface area contributed by atoms with Crippen LogP contribution in [0.1, 0.15) is 284 Å². The number of unbranched alkanes of at least 4 members (excludes halogenated alkanes) is 40. The van der Waals surface area contributed by atoms with Crippen LogP contribution in [-0.2, 0) is 0 Å². The molecule has 0 radical (unpaired) electrons. The maximum absolute atomic E-state index is 8.74.